The second-order valence-corrected chi connectivity index (χ2v) is 9.99. The van der Waals surface area contributed by atoms with Crippen molar-refractivity contribution in [2.45, 2.75) is 12.5 Å². The van der Waals surface area contributed by atoms with Gasteiger partial charge in [-0.3, -0.25) is 4.79 Å². The van der Waals surface area contributed by atoms with Gasteiger partial charge in [0.2, 0.25) is 5.91 Å². The number of hydrogen-bond donors (Lipinski definition) is 1. The van der Waals surface area contributed by atoms with Crippen LogP contribution >= 0.6 is 0 Å². The van der Waals surface area contributed by atoms with Gasteiger partial charge in [0.25, 0.3) is 0 Å². The SMILES string of the molecule is COCCN(C)CC=CC(=O)N1CCC(n2c(C#N)c(-c3ccc(Oc4ccccc4)cc3)c3c(N)ncnc32)C1. The Hall–Kier alpha value is -4.72. The quantitative estimate of drug-likeness (QED) is 0.290. The van der Waals surface area contributed by atoms with Gasteiger partial charge in [0.15, 0.2) is 0 Å². The first-order chi connectivity index (χ1) is 20.0. The Morgan fingerprint density at radius 2 is 1.93 bits per heavy atom. The van der Waals surface area contributed by atoms with Crippen LogP contribution in [0.15, 0.2) is 73.1 Å². The van der Waals surface area contributed by atoms with E-state index in [2.05, 4.69) is 20.9 Å². The summed E-state index contributed by atoms with van der Waals surface area (Å²) in [5.41, 5.74) is 8.87. The van der Waals surface area contributed by atoms with E-state index in [-0.39, 0.29) is 11.9 Å². The molecule has 0 radical (unpaired) electrons. The van der Waals surface area contributed by atoms with Gasteiger partial charge in [-0.1, -0.05) is 36.4 Å². The van der Waals surface area contributed by atoms with Crippen LogP contribution in [-0.4, -0.2) is 77.2 Å². The Labute approximate surface area is 239 Å². The van der Waals surface area contributed by atoms with Crippen LogP contribution in [0.1, 0.15) is 18.2 Å². The van der Waals surface area contributed by atoms with Crippen molar-refractivity contribution >= 4 is 22.8 Å². The number of aromatic nitrogens is 3. The third-order valence-corrected chi connectivity index (χ3v) is 7.24. The van der Waals surface area contributed by atoms with Gasteiger partial charge >= 0.3 is 0 Å². The topological polar surface area (TPSA) is 123 Å². The summed E-state index contributed by atoms with van der Waals surface area (Å²) in [6, 6.07) is 19.3. The van der Waals surface area contributed by atoms with Crippen LogP contribution in [0.5, 0.6) is 11.5 Å². The number of nitrogens with zero attached hydrogens (tertiary/aromatic N) is 6. The highest BCUT2D eigenvalue weighted by molar-refractivity contribution is 6.03. The highest BCUT2D eigenvalue weighted by atomic mass is 16.5. The van der Waals surface area contributed by atoms with Gasteiger partial charge < -0.3 is 29.6 Å². The summed E-state index contributed by atoms with van der Waals surface area (Å²) in [5.74, 6) is 1.66. The van der Waals surface area contributed by atoms with Crippen LogP contribution in [0.25, 0.3) is 22.2 Å². The molecule has 1 aliphatic heterocycles. The Kier molecular flexibility index (Phi) is 8.58. The normalized spacial score (nSPS) is 15.2. The molecule has 0 saturated carbocycles. The zero-order chi connectivity index (χ0) is 28.8. The average Bonchev–Trinajstić information content (AvgIpc) is 3.60. The fraction of sp³-hybridized carbons (Fsp3) is 0.290. The van der Waals surface area contributed by atoms with Crippen molar-refractivity contribution < 1.29 is 14.3 Å². The molecule has 2 N–H and O–H groups in total. The Morgan fingerprint density at radius 1 is 1.17 bits per heavy atom. The number of nitrogens with two attached hydrogens (primary N) is 1. The third-order valence-electron chi connectivity index (χ3n) is 7.24. The number of fused-ring (bicyclic) bond motifs is 1. The highest BCUT2D eigenvalue weighted by Crippen LogP contribution is 2.40. The number of nitrogen functional groups attached to an aromatic ring is 1. The molecule has 10 heteroatoms. The summed E-state index contributed by atoms with van der Waals surface area (Å²) in [6.07, 6.45) is 5.60. The summed E-state index contributed by atoms with van der Waals surface area (Å²) < 4.78 is 13.0. The molecule has 2 aromatic carbocycles. The molecule has 1 unspecified atom stereocenters. The number of carbonyl (C=O) groups is 1. The van der Waals surface area contributed by atoms with Crippen LogP contribution in [0.4, 0.5) is 5.82 Å². The molecule has 0 aliphatic carbocycles. The van der Waals surface area contributed by atoms with Crippen LogP contribution < -0.4 is 10.5 Å². The molecule has 10 nitrogen and oxygen atoms in total. The molecular formula is C31H33N7O3. The lowest BCUT2D eigenvalue weighted by Gasteiger charge is -2.17. The van der Waals surface area contributed by atoms with Crippen LogP contribution in [-0.2, 0) is 9.53 Å². The van der Waals surface area contributed by atoms with Crippen molar-refractivity contribution in [2.75, 3.05) is 52.7 Å². The maximum absolute atomic E-state index is 12.9. The Bertz CT molecular complexity index is 1580. The Balaban J connectivity index is 1.41. The Morgan fingerprint density at radius 3 is 2.66 bits per heavy atom. The number of para-hydroxylation sites is 1. The fourth-order valence-corrected chi connectivity index (χ4v) is 5.15. The van der Waals surface area contributed by atoms with E-state index in [9.17, 15) is 10.1 Å². The van der Waals surface area contributed by atoms with E-state index in [0.29, 0.717) is 66.5 Å². The molecule has 1 saturated heterocycles. The molecule has 4 aromatic rings. The van der Waals surface area contributed by atoms with E-state index in [1.807, 2.05) is 77.2 Å². The van der Waals surface area contributed by atoms with Crippen molar-refractivity contribution in [1.29, 1.82) is 5.26 Å². The largest absolute Gasteiger partial charge is 0.457 e. The van der Waals surface area contributed by atoms with E-state index < -0.39 is 0 Å². The van der Waals surface area contributed by atoms with Crippen LogP contribution in [0, 0.1) is 11.3 Å². The molecule has 210 valence electrons. The third kappa shape index (κ3) is 6.06. The number of rotatable bonds is 10. The first kappa shape index (κ1) is 27.8. The monoisotopic (exact) mass is 551 g/mol. The number of benzene rings is 2. The van der Waals surface area contributed by atoms with Crippen molar-refractivity contribution in [3.63, 3.8) is 0 Å². The van der Waals surface area contributed by atoms with E-state index in [1.54, 1.807) is 13.2 Å². The predicted molar refractivity (Wildman–Crippen MR) is 157 cm³/mol. The second kappa shape index (κ2) is 12.6. The smallest absolute Gasteiger partial charge is 0.246 e. The highest BCUT2D eigenvalue weighted by Gasteiger charge is 2.32. The van der Waals surface area contributed by atoms with Crippen molar-refractivity contribution in [3.8, 4) is 28.7 Å². The van der Waals surface area contributed by atoms with Gasteiger partial charge in [0, 0.05) is 44.9 Å². The maximum Gasteiger partial charge on any atom is 0.246 e. The molecule has 0 bridgehead atoms. The minimum atomic E-state index is -0.127. The van der Waals surface area contributed by atoms with Gasteiger partial charge in [-0.15, -0.1) is 0 Å². The molecule has 2 aromatic heterocycles. The molecule has 1 amide bonds. The number of hydrogen-bond acceptors (Lipinski definition) is 8. The number of nitriles is 1. The van der Waals surface area contributed by atoms with Gasteiger partial charge in [0.05, 0.1) is 18.0 Å². The molecule has 41 heavy (non-hydrogen) atoms. The summed E-state index contributed by atoms with van der Waals surface area (Å²) >= 11 is 0. The zero-order valence-electron chi connectivity index (χ0n) is 23.2. The van der Waals surface area contributed by atoms with Crippen LogP contribution in [0.2, 0.25) is 0 Å². The maximum atomic E-state index is 12.9. The number of likely N-dealkylation sites (tertiary alicyclic amines) is 1. The van der Waals surface area contributed by atoms with E-state index >= 15 is 0 Å². The zero-order valence-corrected chi connectivity index (χ0v) is 23.2. The molecule has 5 rings (SSSR count). The molecule has 1 atom stereocenters. The van der Waals surface area contributed by atoms with Gasteiger partial charge in [0.1, 0.15) is 41.1 Å². The number of anilines is 1. The minimum absolute atomic E-state index is 0.0500. The first-order valence-corrected chi connectivity index (χ1v) is 13.5. The lowest BCUT2D eigenvalue weighted by Crippen LogP contribution is -2.28. The molecule has 0 spiro atoms. The minimum Gasteiger partial charge on any atom is -0.457 e. The average molecular weight is 552 g/mol. The first-order valence-electron chi connectivity index (χ1n) is 13.5. The summed E-state index contributed by atoms with van der Waals surface area (Å²) in [4.78, 5) is 25.6. The van der Waals surface area contributed by atoms with Crippen molar-refractivity contribution in [3.05, 3.63) is 78.8 Å². The lowest BCUT2D eigenvalue weighted by atomic mass is 10.0. The number of amides is 1. The summed E-state index contributed by atoms with van der Waals surface area (Å²) in [7, 11) is 3.65. The van der Waals surface area contributed by atoms with Gasteiger partial charge in [-0.25, -0.2) is 9.97 Å². The standard InChI is InChI=1S/C31H33N7O3/c1-36(17-18-40-2)15-6-9-27(39)37-16-14-23(20-37)38-26(19-32)28(29-30(33)34-21-35-31(29)38)22-10-12-25(13-11-22)41-24-7-4-3-5-8-24/h3-13,21,23H,14-18,20H2,1-2H3,(H2,33,34,35). The summed E-state index contributed by atoms with van der Waals surface area (Å²) in [5, 5.41) is 11.0. The lowest BCUT2D eigenvalue weighted by molar-refractivity contribution is -0.125. The van der Waals surface area contributed by atoms with E-state index in [1.165, 1.54) is 6.33 Å². The summed E-state index contributed by atoms with van der Waals surface area (Å²) in [6.45, 7) is 3.13. The second-order valence-electron chi connectivity index (χ2n) is 9.99. The van der Waals surface area contributed by atoms with E-state index in [4.69, 9.17) is 15.2 Å². The predicted octanol–water partition coefficient (Wildman–Crippen LogP) is 4.25. The van der Waals surface area contributed by atoms with Crippen molar-refractivity contribution in [2.24, 2.45) is 0 Å². The fourth-order valence-electron chi connectivity index (χ4n) is 5.15. The molecular weight excluding hydrogens is 518 g/mol. The number of carbonyl (C=O) groups excluding carboxylic acids is 1. The van der Waals surface area contributed by atoms with Crippen LogP contribution in [0.3, 0.4) is 0 Å². The number of likely N-dealkylation sites (N-methyl/N-ethyl adjacent to an activating group) is 1. The molecule has 3 heterocycles. The molecule has 1 fully saturated rings. The van der Waals surface area contributed by atoms with E-state index in [0.717, 1.165) is 17.9 Å². The molecule has 1 aliphatic rings. The van der Waals surface area contributed by atoms with Crippen molar-refractivity contribution in [1.82, 2.24) is 24.3 Å². The van der Waals surface area contributed by atoms with Gasteiger partial charge in [-0.05, 0) is 43.3 Å². The number of ether oxygens (including phenoxy) is 2. The van der Waals surface area contributed by atoms with Gasteiger partial charge in [-0.2, -0.15) is 5.26 Å². The number of methoxy groups -OCH3 is 1.